The molecule has 8 heteroatoms. The largest absolute Gasteiger partial charge is 0.504 e. The lowest BCUT2D eigenvalue weighted by atomic mass is 10.0. The Labute approximate surface area is 123 Å². The molecule has 0 saturated heterocycles. The van der Waals surface area contributed by atoms with Gasteiger partial charge in [0.1, 0.15) is 16.9 Å². The molecule has 1 heterocycles. The number of benzene rings is 1. The fraction of sp³-hybridized carbons (Fsp3) is 0.286. The van der Waals surface area contributed by atoms with Crippen molar-refractivity contribution in [2.24, 2.45) is 0 Å². The summed E-state index contributed by atoms with van der Waals surface area (Å²) in [5.41, 5.74) is -2.11. The third kappa shape index (κ3) is 2.49. The number of aliphatic hydroxyl groups excluding tert-OH is 2. The zero-order valence-corrected chi connectivity index (χ0v) is 11.5. The third-order valence-corrected chi connectivity index (χ3v) is 3.17. The number of aromatic hydroxyl groups is 2. The van der Waals surface area contributed by atoms with Crippen LogP contribution in [0.3, 0.4) is 0 Å². The average molecular weight is 310 g/mol. The van der Waals surface area contributed by atoms with Crippen LogP contribution in [0.2, 0.25) is 0 Å². The molecule has 0 aliphatic heterocycles. The van der Waals surface area contributed by atoms with Crippen LogP contribution in [0, 0.1) is 0 Å². The molecule has 0 aliphatic rings. The summed E-state index contributed by atoms with van der Waals surface area (Å²) < 4.78 is 5.35. The first-order chi connectivity index (χ1) is 10.3. The number of fused-ring (bicyclic) bond motifs is 1. The van der Waals surface area contributed by atoms with Crippen LogP contribution >= 0.6 is 0 Å². The summed E-state index contributed by atoms with van der Waals surface area (Å²) in [5.74, 6) is -3.36. The molecule has 2 rings (SSSR count). The van der Waals surface area contributed by atoms with Crippen LogP contribution in [0.25, 0.3) is 11.0 Å². The Kier molecular flexibility index (Phi) is 4.07. The highest BCUT2D eigenvalue weighted by Crippen LogP contribution is 2.35. The van der Waals surface area contributed by atoms with Crippen LogP contribution in [0.5, 0.6) is 11.5 Å². The van der Waals surface area contributed by atoms with E-state index in [1.54, 1.807) is 0 Å². The van der Waals surface area contributed by atoms with Crippen LogP contribution < -0.4 is 5.43 Å². The molecule has 1 aromatic heterocycles. The van der Waals surface area contributed by atoms with E-state index in [1.165, 1.54) is 6.92 Å². The Morgan fingerprint density at radius 2 is 2.00 bits per heavy atom. The average Bonchev–Trinajstić information content (AvgIpc) is 2.40. The zero-order chi connectivity index (χ0) is 16.6. The number of hydrogen-bond acceptors (Lipinski definition) is 7. The van der Waals surface area contributed by atoms with Crippen molar-refractivity contribution in [1.82, 2.24) is 0 Å². The second-order valence-electron chi connectivity index (χ2n) is 4.84. The van der Waals surface area contributed by atoms with Crippen molar-refractivity contribution in [3.8, 4) is 11.5 Å². The van der Waals surface area contributed by atoms with Gasteiger partial charge in [-0.15, -0.1) is 0 Å². The van der Waals surface area contributed by atoms with Gasteiger partial charge in [0.05, 0.1) is 23.7 Å². The van der Waals surface area contributed by atoms with Gasteiger partial charge >= 0.3 is 5.97 Å². The van der Waals surface area contributed by atoms with E-state index < -0.39 is 46.6 Å². The quantitative estimate of drug-likeness (QED) is 0.507. The summed E-state index contributed by atoms with van der Waals surface area (Å²) in [7, 11) is 0. The highest BCUT2D eigenvalue weighted by molar-refractivity contribution is 6.06. The molecule has 0 bridgehead atoms. The first kappa shape index (κ1) is 15.8. The van der Waals surface area contributed by atoms with Gasteiger partial charge in [0.2, 0.25) is 0 Å². The highest BCUT2D eigenvalue weighted by atomic mass is 16.4. The number of aromatic carboxylic acids is 1. The Hall–Kier alpha value is -2.58. The fourth-order valence-corrected chi connectivity index (χ4v) is 2.21. The predicted octanol–water partition coefficient (Wildman–Crippen LogP) is 0.318. The van der Waals surface area contributed by atoms with Gasteiger partial charge in [-0.25, -0.2) is 4.79 Å². The Balaban J connectivity index is 2.96. The van der Waals surface area contributed by atoms with Crippen molar-refractivity contribution in [3.05, 3.63) is 33.2 Å². The predicted molar refractivity (Wildman–Crippen MR) is 74.1 cm³/mol. The molecule has 1 aromatic carbocycles. The van der Waals surface area contributed by atoms with Gasteiger partial charge in [-0.2, -0.15) is 0 Å². The molecular formula is C14H14O8. The molecule has 0 aliphatic carbocycles. The second-order valence-corrected chi connectivity index (χ2v) is 4.84. The van der Waals surface area contributed by atoms with Gasteiger partial charge < -0.3 is 29.9 Å². The Morgan fingerprint density at radius 1 is 1.36 bits per heavy atom. The van der Waals surface area contributed by atoms with Gasteiger partial charge in [-0.05, 0) is 6.92 Å². The van der Waals surface area contributed by atoms with Crippen molar-refractivity contribution < 1.29 is 34.7 Å². The van der Waals surface area contributed by atoms with Gasteiger partial charge in [0.25, 0.3) is 0 Å². The van der Waals surface area contributed by atoms with E-state index in [4.69, 9.17) is 9.52 Å². The van der Waals surface area contributed by atoms with Crippen LogP contribution in [-0.4, -0.2) is 37.6 Å². The summed E-state index contributed by atoms with van der Waals surface area (Å²) in [6, 6.07) is 0.908. The van der Waals surface area contributed by atoms with Crippen LogP contribution in [0.1, 0.15) is 28.6 Å². The molecule has 1 unspecified atom stereocenters. The molecule has 5 N–H and O–H groups in total. The van der Waals surface area contributed by atoms with E-state index in [2.05, 4.69) is 0 Å². The topological polar surface area (TPSA) is 148 Å². The lowest BCUT2D eigenvalue weighted by Gasteiger charge is -2.12. The van der Waals surface area contributed by atoms with E-state index in [-0.39, 0.29) is 23.3 Å². The van der Waals surface area contributed by atoms with Crippen LogP contribution in [0.15, 0.2) is 15.3 Å². The molecule has 22 heavy (non-hydrogen) atoms. The van der Waals surface area contributed by atoms with Crippen molar-refractivity contribution in [2.45, 2.75) is 26.1 Å². The van der Waals surface area contributed by atoms with E-state index in [0.29, 0.717) is 0 Å². The molecule has 1 atom stereocenters. The fourth-order valence-electron chi connectivity index (χ4n) is 2.21. The lowest BCUT2D eigenvalue weighted by molar-refractivity contribution is 0.0695. The summed E-state index contributed by atoms with van der Waals surface area (Å²) in [5, 5.41) is 46.6. The summed E-state index contributed by atoms with van der Waals surface area (Å²) >= 11 is 0. The zero-order valence-electron chi connectivity index (χ0n) is 11.5. The highest BCUT2D eigenvalue weighted by Gasteiger charge is 2.25. The molecule has 2 aromatic rings. The van der Waals surface area contributed by atoms with Gasteiger partial charge in [0, 0.05) is 12.5 Å². The number of carboxylic acids is 1. The second kappa shape index (κ2) is 5.66. The Morgan fingerprint density at radius 3 is 2.50 bits per heavy atom. The first-order valence-corrected chi connectivity index (χ1v) is 6.33. The minimum Gasteiger partial charge on any atom is -0.504 e. The minimum atomic E-state index is -1.63. The molecule has 0 fully saturated rings. The maximum Gasteiger partial charge on any atom is 0.340 e. The number of phenolic OH excluding ortho intramolecular Hbond substituents is 1. The number of phenols is 2. The van der Waals surface area contributed by atoms with Crippen molar-refractivity contribution in [2.75, 3.05) is 0 Å². The number of rotatable bonds is 4. The van der Waals surface area contributed by atoms with Crippen molar-refractivity contribution in [1.29, 1.82) is 0 Å². The minimum absolute atomic E-state index is 0.0172. The van der Waals surface area contributed by atoms with Crippen LogP contribution in [0.4, 0.5) is 0 Å². The smallest absolute Gasteiger partial charge is 0.340 e. The van der Waals surface area contributed by atoms with Crippen molar-refractivity contribution in [3.63, 3.8) is 0 Å². The van der Waals surface area contributed by atoms with Gasteiger partial charge in [0.15, 0.2) is 16.9 Å². The molecule has 0 saturated carbocycles. The first-order valence-electron chi connectivity index (χ1n) is 6.33. The maximum atomic E-state index is 12.4. The van der Waals surface area contributed by atoms with Gasteiger partial charge in [-0.1, -0.05) is 0 Å². The lowest BCUT2D eigenvalue weighted by Crippen LogP contribution is -2.18. The summed E-state index contributed by atoms with van der Waals surface area (Å²) in [6.45, 7) is 0.726. The Bertz CT molecular complexity index is 803. The third-order valence-electron chi connectivity index (χ3n) is 3.17. The van der Waals surface area contributed by atoms with Crippen LogP contribution in [-0.2, 0) is 13.0 Å². The number of aliphatic hydroxyl groups is 2. The molecule has 118 valence electrons. The van der Waals surface area contributed by atoms with E-state index >= 15 is 0 Å². The number of hydrogen-bond donors (Lipinski definition) is 5. The molecule has 8 nitrogen and oxygen atoms in total. The van der Waals surface area contributed by atoms with Crippen molar-refractivity contribution >= 4 is 16.9 Å². The molecule has 0 amide bonds. The monoisotopic (exact) mass is 310 g/mol. The van der Waals surface area contributed by atoms with E-state index in [1.807, 2.05) is 0 Å². The molecular weight excluding hydrogens is 296 g/mol. The standard InChI is InChI=1S/C14H14O8/c1-5(16)2-8-6(4-15)12(18)10-9(22-8)3-7(17)13(19)11(10)14(20)21/h3,5,15-17,19H,2,4H2,1H3,(H,20,21). The summed E-state index contributed by atoms with van der Waals surface area (Å²) in [6.07, 6.45) is -0.943. The summed E-state index contributed by atoms with van der Waals surface area (Å²) in [4.78, 5) is 23.6. The number of carbonyl (C=O) groups is 1. The molecule has 0 radical (unpaired) electrons. The SMILES string of the molecule is CC(O)Cc1oc2cc(O)c(O)c(C(=O)O)c2c(=O)c1CO. The number of carboxylic acid groups (broad SMARTS) is 1. The van der Waals surface area contributed by atoms with E-state index in [9.17, 15) is 30.0 Å². The maximum absolute atomic E-state index is 12.4. The normalized spacial score (nSPS) is 12.5. The van der Waals surface area contributed by atoms with E-state index in [0.717, 1.165) is 6.07 Å². The van der Waals surface area contributed by atoms with Gasteiger partial charge in [-0.3, -0.25) is 4.79 Å². The molecule has 0 spiro atoms.